The third kappa shape index (κ3) is 5.67. The number of aliphatic carboxylic acids is 1. The minimum atomic E-state index is -5.08. The lowest BCUT2D eigenvalue weighted by Gasteiger charge is -2.19. The summed E-state index contributed by atoms with van der Waals surface area (Å²) in [6.45, 7) is 0.551. The van der Waals surface area contributed by atoms with Gasteiger partial charge in [0.15, 0.2) is 5.65 Å². The molecule has 0 unspecified atom stereocenters. The highest BCUT2D eigenvalue weighted by Gasteiger charge is 2.38. The Bertz CT molecular complexity index is 925. The number of carboxylic acids is 2. The molecule has 12 heteroatoms. The lowest BCUT2D eigenvalue weighted by molar-refractivity contribution is -0.192. The number of nitrogens with two attached hydrogens (primary N) is 1. The largest absolute Gasteiger partial charge is 0.490 e. The normalized spacial score (nSPS) is 10.9. The van der Waals surface area contributed by atoms with Crippen LogP contribution < -0.4 is 16.2 Å². The van der Waals surface area contributed by atoms with Crippen molar-refractivity contribution in [1.82, 2.24) is 9.66 Å². The van der Waals surface area contributed by atoms with Crippen LogP contribution in [0, 0.1) is 0 Å². The van der Waals surface area contributed by atoms with Crippen molar-refractivity contribution in [3.05, 3.63) is 39.8 Å². The molecule has 0 amide bonds. The number of fused-ring (bicyclic) bond motifs is 1. The Labute approximate surface area is 156 Å². The standard InChI is InChI=1S/C14H18N4O3.C2HF3O2/c1-17(2)18-8-11(14(20)21)12(19)10-6-9(4-3-5-15)7-16-13(10)18;3-2(4,5)1(6)7/h6-8H,3-5,15H2,1-2H3,(H,20,21);(H,6,7). The van der Waals surface area contributed by atoms with Crippen molar-refractivity contribution in [3.8, 4) is 0 Å². The van der Waals surface area contributed by atoms with Gasteiger partial charge in [0.2, 0.25) is 5.43 Å². The quantitative estimate of drug-likeness (QED) is 0.666. The molecule has 0 saturated carbocycles. The third-order valence-corrected chi connectivity index (χ3v) is 3.45. The van der Waals surface area contributed by atoms with Crippen LogP contribution in [0.25, 0.3) is 11.0 Å². The molecule has 0 atom stereocenters. The minimum Gasteiger partial charge on any atom is -0.477 e. The van der Waals surface area contributed by atoms with Crippen LogP contribution >= 0.6 is 0 Å². The monoisotopic (exact) mass is 404 g/mol. The van der Waals surface area contributed by atoms with Crippen LogP contribution in [0.2, 0.25) is 0 Å². The van der Waals surface area contributed by atoms with Crippen molar-refractivity contribution in [1.29, 1.82) is 0 Å². The molecule has 0 bridgehead atoms. The zero-order chi connectivity index (χ0) is 21.6. The molecular formula is C16H19F3N4O5. The van der Waals surface area contributed by atoms with Gasteiger partial charge < -0.3 is 21.0 Å². The van der Waals surface area contributed by atoms with E-state index in [0.717, 1.165) is 12.0 Å². The van der Waals surface area contributed by atoms with Gasteiger partial charge in [-0.3, -0.25) is 4.79 Å². The lowest BCUT2D eigenvalue weighted by Crippen LogP contribution is -2.30. The van der Waals surface area contributed by atoms with E-state index in [4.69, 9.17) is 15.6 Å². The smallest absolute Gasteiger partial charge is 0.477 e. The average molecular weight is 404 g/mol. The molecule has 28 heavy (non-hydrogen) atoms. The number of alkyl halides is 3. The Morgan fingerprint density at radius 2 is 1.86 bits per heavy atom. The van der Waals surface area contributed by atoms with Gasteiger partial charge in [-0.1, -0.05) is 0 Å². The van der Waals surface area contributed by atoms with Gasteiger partial charge in [0.1, 0.15) is 5.56 Å². The molecule has 0 aromatic carbocycles. The Balaban J connectivity index is 0.000000480. The maximum atomic E-state index is 12.3. The molecular weight excluding hydrogens is 385 g/mol. The number of rotatable bonds is 5. The Morgan fingerprint density at radius 3 is 2.29 bits per heavy atom. The van der Waals surface area contributed by atoms with Crippen molar-refractivity contribution in [2.45, 2.75) is 19.0 Å². The van der Waals surface area contributed by atoms with E-state index < -0.39 is 23.5 Å². The number of nitrogens with zero attached hydrogens (tertiary/aromatic N) is 3. The first-order valence-corrected chi connectivity index (χ1v) is 7.85. The van der Waals surface area contributed by atoms with Crippen LogP contribution in [0.15, 0.2) is 23.3 Å². The number of aryl methyl sites for hydroxylation is 1. The summed E-state index contributed by atoms with van der Waals surface area (Å²) >= 11 is 0. The van der Waals surface area contributed by atoms with Crippen LogP contribution in [0.3, 0.4) is 0 Å². The first-order chi connectivity index (χ1) is 12.9. The molecule has 0 aliphatic heterocycles. The fourth-order valence-corrected chi connectivity index (χ4v) is 2.14. The summed E-state index contributed by atoms with van der Waals surface area (Å²) in [6.07, 6.45) is -0.608. The number of hydrogen-bond acceptors (Lipinski definition) is 6. The van der Waals surface area contributed by atoms with Crippen molar-refractivity contribution < 1.29 is 33.0 Å². The molecule has 2 aromatic rings. The van der Waals surface area contributed by atoms with Gasteiger partial charge in [0.05, 0.1) is 5.39 Å². The first-order valence-electron chi connectivity index (χ1n) is 7.85. The molecule has 2 heterocycles. The second-order valence-electron chi connectivity index (χ2n) is 5.78. The number of carboxylic acid groups (broad SMARTS) is 2. The summed E-state index contributed by atoms with van der Waals surface area (Å²) in [5.41, 5.74) is 6.00. The molecule has 2 aromatic heterocycles. The van der Waals surface area contributed by atoms with Gasteiger partial charge >= 0.3 is 18.1 Å². The molecule has 9 nitrogen and oxygen atoms in total. The maximum absolute atomic E-state index is 12.3. The summed E-state index contributed by atoms with van der Waals surface area (Å²) in [5.74, 6) is -4.00. The van der Waals surface area contributed by atoms with Crippen LogP contribution in [-0.4, -0.2) is 58.6 Å². The van der Waals surface area contributed by atoms with Crippen molar-refractivity contribution >= 4 is 23.0 Å². The molecule has 2 rings (SSSR count). The first kappa shape index (κ1) is 22.9. The predicted octanol–water partition coefficient (Wildman–Crippen LogP) is 0.817. The van der Waals surface area contributed by atoms with Gasteiger partial charge in [-0.25, -0.2) is 19.2 Å². The second-order valence-corrected chi connectivity index (χ2v) is 5.78. The summed E-state index contributed by atoms with van der Waals surface area (Å²) < 4.78 is 33.3. The van der Waals surface area contributed by atoms with Crippen molar-refractivity contribution in [2.75, 3.05) is 25.6 Å². The number of hydrogen-bond donors (Lipinski definition) is 3. The highest BCUT2D eigenvalue weighted by atomic mass is 19.4. The van der Waals surface area contributed by atoms with Gasteiger partial charge in [-0.2, -0.15) is 13.2 Å². The topological polar surface area (TPSA) is 139 Å². The minimum absolute atomic E-state index is 0.269. The summed E-state index contributed by atoms with van der Waals surface area (Å²) in [7, 11) is 3.50. The molecule has 4 N–H and O–H groups in total. The Hall–Kier alpha value is -3.15. The fourth-order valence-electron chi connectivity index (χ4n) is 2.14. The maximum Gasteiger partial charge on any atom is 0.490 e. The van der Waals surface area contributed by atoms with E-state index in [1.54, 1.807) is 36.0 Å². The van der Waals surface area contributed by atoms with Crippen LogP contribution in [-0.2, 0) is 11.2 Å². The Kier molecular flexibility index (Phi) is 7.50. The molecule has 0 saturated heterocycles. The molecule has 0 spiro atoms. The number of pyridine rings is 2. The van der Waals surface area contributed by atoms with E-state index in [2.05, 4.69) is 4.98 Å². The summed E-state index contributed by atoms with van der Waals surface area (Å²) in [6, 6.07) is 1.70. The average Bonchev–Trinajstić information content (AvgIpc) is 2.59. The molecule has 0 radical (unpaired) electrons. The van der Waals surface area contributed by atoms with Crippen molar-refractivity contribution in [3.63, 3.8) is 0 Å². The van der Waals surface area contributed by atoms with E-state index in [1.807, 2.05) is 0 Å². The van der Waals surface area contributed by atoms with Gasteiger partial charge in [-0.15, -0.1) is 0 Å². The van der Waals surface area contributed by atoms with Crippen LogP contribution in [0.1, 0.15) is 22.3 Å². The summed E-state index contributed by atoms with van der Waals surface area (Å²) in [4.78, 5) is 36.7. The van der Waals surface area contributed by atoms with Gasteiger partial charge in [0.25, 0.3) is 0 Å². The van der Waals surface area contributed by atoms with Crippen LogP contribution in [0.5, 0.6) is 0 Å². The molecule has 154 valence electrons. The third-order valence-electron chi connectivity index (χ3n) is 3.45. The second kappa shape index (κ2) is 9.17. The van der Waals surface area contributed by atoms with E-state index in [1.165, 1.54) is 6.20 Å². The molecule has 0 aliphatic rings. The number of aromatic nitrogens is 2. The van der Waals surface area contributed by atoms with E-state index in [0.29, 0.717) is 24.0 Å². The Morgan fingerprint density at radius 1 is 1.29 bits per heavy atom. The van der Waals surface area contributed by atoms with E-state index in [-0.39, 0.29) is 5.56 Å². The van der Waals surface area contributed by atoms with Gasteiger partial charge in [0, 0.05) is 26.5 Å². The van der Waals surface area contributed by atoms with E-state index in [9.17, 15) is 27.9 Å². The van der Waals surface area contributed by atoms with Crippen LogP contribution in [0.4, 0.5) is 13.2 Å². The molecule has 0 fully saturated rings. The fraction of sp³-hybridized carbons (Fsp3) is 0.375. The zero-order valence-corrected chi connectivity index (χ0v) is 15.0. The van der Waals surface area contributed by atoms with Crippen molar-refractivity contribution in [2.24, 2.45) is 5.73 Å². The van der Waals surface area contributed by atoms with Gasteiger partial charge in [-0.05, 0) is 31.0 Å². The number of halogens is 3. The lowest BCUT2D eigenvalue weighted by atomic mass is 10.1. The summed E-state index contributed by atoms with van der Waals surface area (Å²) in [5, 5.41) is 18.3. The molecule has 0 aliphatic carbocycles. The highest BCUT2D eigenvalue weighted by Crippen LogP contribution is 2.14. The highest BCUT2D eigenvalue weighted by molar-refractivity contribution is 5.91. The SMILES string of the molecule is CN(C)n1cc(C(=O)O)c(=O)c2cc(CCCN)cnc21.O=C(O)C(F)(F)F. The number of carbonyl (C=O) groups is 2. The van der Waals surface area contributed by atoms with E-state index >= 15 is 0 Å². The predicted molar refractivity (Wildman–Crippen MR) is 94.1 cm³/mol. The zero-order valence-electron chi connectivity index (χ0n) is 15.0. The number of aromatic carboxylic acids is 1.